The minimum Gasteiger partial charge on any atom is -0.496 e. The Morgan fingerprint density at radius 1 is 1.00 bits per heavy atom. The Bertz CT molecular complexity index is 588. The van der Waals surface area contributed by atoms with Gasteiger partial charge in [-0.1, -0.05) is 52.8 Å². The molecule has 2 aromatic carbocycles. The summed E-state index contributed by atoms with van der Waals surface area (Å²) >= 11 is 0. The Kier molecular flexibility index (Phi) is 3.58. The quantitative estimate of drug-likeness (QED) is 0.711. The normalized spacial score (nSPS) is 12.2. The second-order valence-electron chi connectivity index (χ2n) is 6.56. The van der Waals surface area contributed by atoms with Crippen molar-refractivity contribution in [3.05, 3.63) is 41.5 Å². The van der Waals surface area contributed by atoms with E-state index in [4.69, 9.17) is 4.74 Å². The number of fused-ring (bicyclic) bond motifs is 1. The predicted molar refractivity (Wildman–Crippen MR) is 83.3 cm³/mol. The van der Waals surface area contributed by atoms with Gasteiger partial charge in [0, 0.05) is 5.39 Å². The molecular weight excluding hydrogens is 232 g/mol. The van der Waals surface area contributed by atoms with Gasteiger partial charge in [-0.15, -0.1) is 0 Å². The van der Waals surface area contributed by atoms with Gasteiger partial charge in [-0.25, -0.2) is 0 Å². The Morgan fingerprint density at radius 2 is 1.68 bits per heavy atom. The summed E-state index contributed by atoms with van der Waals surface area (Å²) in [6.45, 7) is 11.1. The molecule has 0 fully saturated rings. The van der Waals surface area contributed by atoms with Crippen molar-refractivity contribution in [1.82, 2.24) is 0 Å². The zero-order chi connectivity index (χ0) is 14.2. The summed E-state index contributed by atoms with van der Waals surface area (Å²) in [4.78, 5) is 0. The highest BCUT2D eigenvalue weighted by atomic mass is 16.5. The smallest absolute Gasteiger partial charge is 0.126 e. The fraction of sp³-hybridized carbons (Fsp3) is 0.444. The zero-order valence-electron chi connectivity index (χ0n) is 12.9. The molecular formula is C18H24O. The molecule has 2 aromatic rings. The van der Waals surface area contributed by atoms with Crippen LogP contribution >= 0.6 is 0 Å². The monoisotopic (exact) mass is 256 g/mol. The zero-order valence-corrected chi connectivity index (χ0v) is 12.9. The van der Waals surface area contributed by atoms with Crippen molar-refractivity contribution >= 4 is 10.8 Å². The molecule has 0 N–H and O–H groups in total. The average molecular weight is 256 g/mol. The van der Waals surface area contributed by atoms with Crippen LogP contribution in [-0.2, 0) is 5.41 Å². The van der Waals surface area contributed by atoms with Gasteiger partial charge >= 0.3 is 0 Å². The van der Waals surface area contributed by atoms with Crippen molar-refractivity contribution in [2.24, 2.45) is 0 Å². The van der Waals surface area contributed by atoms with Gasteiger partial charge < -0.3 is 4.74 Å². The standard InChI is InChI=1S/C18H24O/c1-12(2)14-9-13-7-8-15(18(3,4)5)11-16(13)17(10-14)19-6/h7-12H,1-6H3. The van der Waals surface area contributed by atoms with Crippen LogP contribution in [0.2, 0.25) is 0 Å². The van der Waals surface area contributed by atoms with Crippen LogP contribution in [0, 0.1) is 0 Å². The summed E-state index contributed by atoms with van der Waals surface area (Å²) in [7, 11) is 1.75. The molecule has 0 unspecified atom stereocenters. The van der Waals surface area contributed by atoms with Crippen molar-refractivity contribution in [3.8, 4) is 5.75 Å². The number of methoxy groups -OCH3 is 1. The third-order valence-corrected chi connectivity index (χ3v) is 3.69. The van der Waals surface area contributed by atoms with Gasteiger partial charge in [-0.3, -0.25) is 0 Å². The van der Waals surface area contributed by atoms with Gasteiger partial charge in [0.15, 0.2) is 0 Å². The molecule has 0 aliphatic heterocycles. The van der Waals surface area contributed by atoms with E-state index in [-0.39, 0.29) is 5.41 Å². The summed E-state index contributed by atoms with van der Waals surface area (Å²) in [5.41, 5.74) is 2.83. The maximum Gasteiger partial charge on any atom is 0.126 e. The molecule has 19 heavy (non-hydrogen) atoms. The van der Waals surface area contributed by atoms with E-state index >= 15 is 0 Å². The maximum atomic E-state index is 5.59. The Labute approximate surface area is 116 Å². The molecule has 2 rings (SSSR count). The number of hydrogen-bond donors (Lipinski definition) is 0. The second-order valence-corrected chi connectivity index (χ2v) is 6.56. The number of rotatable bonds is 2. The lowest BCUT2D eigenvalue weighted by Crippen LogP contribution is -2.10. The third kappa shape index (κ3) is 2.75. The van der Waals surface area contributed by atoms with E-state index in [1.807, 2.05) is 0 Å². The highest BCUT2D eigenvalue weighted by molar-refractivity contribution is 5.90. The number of ether oxygens (including phenoxy) is 1. The van der Waals surface area contributed by atoms with E-state index in [0.29, 0.717) is 5.92 Å². The van der Waals surface area contributed by atoms with Crippen molar-refractivity contribution in [2.45, 2.75) is 46.0 Å². The lowest BCUT2D eigenvalue weighted by atomic mass is 9.85. The van der Waals surface area contributed by atoms with E-state index < -0.39 is 0 Å². The fourth-order valence-electron chi connectivity index (χ4n) is 2.31. The van der Waals surface area contributed by atoms with Crippen LogP contribution in [0.25, 0.3) is 10.8 Å². The molecule has 0 saturated heterocycles. The summed E-state index contributed by atoms with van der Waals surface area (Å²) in [5.74, 6) is 1.49. The molecule has 0 heterocycles. The number of benzene rings is 2. The van der Waals surface area contributed by atoms with Crippen LogP contribution in [0.3, 0.4) is 0 Å². The van der Waals surface area contributed by atoms with Crippen molar-refractivity contribution in [1.29, 1.82) is 0 Å². The van der Waals surface area contributed by atoms with Gasteiger partial charge in [0.2, 0.25) is 0 Å². The van der Waals surface area contributed by atoms with Crippen LogP contribution in [0.4, 0.5) is 0 Å². The molecule has 1 nitrogen and oxygen atoms in total. The van der Waals surface area contributed by atoms with Crippen LogP contribution in [0.15, 0.2) is 30.3 Å². The Balaban J connectivity index is 2.69. The molecule has 0 bridgehead atoms. The van der Waals surface area contributed by atoms with Crippen molar-refractivity contribution in [2.75, 3.05) is 7.11 Å². The molecule has 0 saturated carbocycles. The lowest BCUT2D eigenvalue weighted by Gasteiger charge is -2.20. The molecule has 102 valence electrons. The minimum atomic E-state index is 0.163. The van der Waals surface area contributed by atoms with Crippen LogP contribution in [-0.4, -0.2) is 7.11 Å². The Morgan fingerprint density at radius 3 is 2.21 bits per heavy atom. The molecule has 0 spiro atoms. The van der Waals surface area contributed by atoms with Gasteiger partial charge in [-0.2, -0.15) is 0 Å². The largest absolute Gasteiger partial charge is 0.496 e. The first-order chi connectivity index (χ1) is 8.82. The predicted octanol–water partition coefficient (Wildman–Crippen LogP) is 5.27. The van der Waals surface area contributed by atoms with Gasteiger partial charge in [-0.05, 0) is 40.0 Å². The molecule has 0 atom stereocenters. The maximum absolute atomic E-state index is 5.59. The van der Waals surface area contributed by atoms with Crippen LogP contribution in [0.5, 0.6) is 5.75 Å². The minimum absolute atomic E-state index is 0.163. The summed E-state index contributed by atoms with van der Waals surface area (Å²) < 4.78 is 5.59. The second kappa shape index (κ2) is 4.88. The fourth-order valence-corrected chi connectivity index (χ4v) is 2.31. The third-order valence-electron chi connectivity index (χ3n) is 3.69. The van der Waals surface area contributed by atoms with Crippen LogP contribution in [0.1, 0.15) is 51.7 Å². The van der Waals surface area contributed by atoms with Crippen molar-refractivity contribution < 1.29 is 4.74 Å². The highest BCUT2D eigenvalue weighted by Crippen LogP contribution is 2.34. The van der Waals surface area contributed by atoms with Crippen LogP contribution < -0.4 is 4.74 Å². The number of hydrogen-bond acceptors (Lipinski definition) is 1. The van der Waals surface area contributed by atoms with E-state index in [1.54, 1.807) is 7.11 Å². The first kappa shape index (κ1) is 13.9. The topological polar surface area (TPSA) is 9.23 Å². The Hall–Kier alpha value is -1.50. The summed E-state index contributed by atoms with van der Waals surface area (Å²) in [5, 5.41) is 2.47. The van der Waals surface area contributed by atoms with Gasteiger partial charge in [0.25, 0.3) is 0 Å². The summed E-state index contributed by atoms with van der Waals surface area (Å²) in [6.07, 6.45) is 0. The van der Waals surface area contributed by atoms with Crippen molar-refractivity contribution in [3.63, 3.8) is 0 Å². The lowest BCUT2D eigenvalue weighted by molar-refractivity contribution is 0.419. The molecule has 0 aliphatic rings. The molecule has 0 radical (unpaired) electrons. The van der Waals surface area contributed by atoms with Gasteiger partial charge in [0.05, 0.1) is 7.11 Å². The highest BCUT2D eigenvalue weighted by Gasteiger charge is 2.15. The first-order valence-corrected chi connectivity index (χ1v) is 6.95. The van der Waals surface area contributed by atoms with E-state index in [9.17, 15) is 0 Å². The summed E-state index contributed by atoms with van der Waals surface area (Å²) in [6, 6.07) is 11.1. The molecule has 0 aliphatic carbocycles. The first-order valence-electron chi connectivity index (χ1n) is 6.95. The van der Waals surface area contributed by atoms with E-state index in [2.05, 4.69) is 65.0 Å². The molecule has 0 amide bonds. The SMILES string of the molecule is COc1cc(C(C)C)cc2ccc(C(C)(C)C)cc12. The molecule has 0 aromatic heterocycles. The molecule has 1 heteroatoms. The van der Waals surface area contributed by atoms with E-state index in [0.717, 1.165) is 5.75 Å². The average Bonchev–Trinajstić information content (AvgIpc) is 2.35. The van der Waals surface area contributed by atoms with E-state index in [1.165, 1.54) is 21.9 Å². The van der Waals surface area contributed by atoms with Gasteiger partial charge in [0.1, 0.15) is 5.75 Å².